The number of hydrogen-bond donors (Lipinski definition) is 0. The smallest absolute Gasteiger partial charge is 0.334 e. The van der Waals surface area contributed by atoms with Gasteiger partial charge in [0.2, 0.25) is 0 Å². The molecule has 2 rings (SSSR count). The van der Waals surface area contributed by atoms with E-state index in [1.165, 1.54) is 10.6 Å². The molecule has 0 N–H and O–H groups in total. The van der Waals surface area contributed by atoms with E-state index in [1.807, 2.05) is 30.3 Å². The highest BCUT2D eigenvalue weighted by Gasteiger charge is 2.15. The number of nitro groups is 1. The van der Waals surface area contributed by atoms with Gasteiger partial charge in [-0.05, 0) is 38.0 Å². The number of aryl methyl sites for hydroxylation is 1. The maximum absolute atomic E-state index is 12.0. The van der Waals surface area contributed by atoms with Crippen molar-refractivity contribution in [3.8, 4) is 5.75 Å². The molecule has 116 valence electrons. The fourth-order valence-corrected chi connectivity index (χ4v) is 2.15. The van der Waals surface area contributed by atoms with E-state index in [4.69, 9.17) is 4.74 Å². The number of unbranched alkanes of at least 4 members (excludes halogenated alkanes) is 1. The Morgan fingerprint density at radius 2 is 1.86 bits per heavy atom. The molecule has 1 heterocycles. The van der Waals surface area contributed by atoms with Crippen molar-refractivity contribution in [1.82, 2.24) is 4.57 Å². The first kappa shape index (κ1) is 15.8. The molecule has 0 bridgehead atoms. The van der Waals surface area contributed by atoms with Gasteiger partial charge in [-0.2, -0.15) is 0 Å². The lowest BCUT2D eigenvalue weighted by atomic mass is 10.2. The summed E-state index contributed by atoms with van der Waals surface area (Å²) in [6, 6.07) is 12.4. The molecule has 1 aromatic carbocycles. The third-order valence-electron chi connectivity index (χ3n) is 3.36. The van der Waals surface area contributed by atoms with E-state index in [0.29, 0.717) is 13.2 Å². The van der Waals surface area contributed by atoms with Crippen LogP contribution in [-0.2, 0) is 6.54 Å². The summed E-state index contributed by atoms with van der Waals surface area (Å²) < 4.78 is 7.02. The van der Waals surface area contributed by atoms with Crippen molar-refractivity contribution in [3.05, 3.63) is 68.6 Å². The van der Waals surface area contributed by atoms with Gasteiger partial charge in [-0.3, -0.25) is 14.9 Å². The Labute approximate surface area is 128 Å². The van der Waals surface area contributed by atoms with Crippen LogP contribution >= 0.6 is 0 Å². The van der Waals surface area contributed by atoms with E-state index in [-0.39, 0.29) is 5.69 Å². The van der Waals surface area contributed by atoms with Gasteiger partial charge < -0.3 is 9.30 Å². The van der Waals surface area contributed by atoms with Crippen LogP contribution in [0.2, 0.25) is 0 Å². The summed E-state index contributed by atoms with van der Waals surface area (Å²) in [5, 5.41) is 10.8. The minimum Gasteiger partial charge on any atom is -0.494 e. The van der Waals surface area contributed by atoms with Crippen LogP contribution in [0.25, 0.3) is 0 Å². The normalized spacial score (nSPS) is 10.4. The van der Waals surface area contributed by atoms with Gasteiger partial charge in [0.25, 0.3) is 0 Å². The number of rotatable bonds is 7. The number of pyridine rings is 1. The molecule has 0 aliphatic heterocycles. The predicted octanol–water partition coefficient (Wildman–Crippen LogP) is 2.92. The zero-order valence-corrected chi connectivity index (χ0v) is 12.4. The molecule has 0 aliphatic carbocycles. The molecule has 0 atom stereocenters. The number of ether oxygens (including phenoxy) is 1. The number of benzene rings is 1. The summed E-state index contributed by atoms with van der Waals surface area (Å²) >= 11 is 0. The van der Waals surface area contributed by atoms with Crippen LogP contribution in [0.1, 0.15) is 18.5 Å². The van der Waals surface area contributed by atoms with Gasteiger partial charge in [0.05, 0.1) is 11.5 Å². The summed E-state index contributed by atoms with van der Waals surface area (Å²) in [6.07, 6.45) is 1.48. The Hall–Kier alpha value is -2.63. The standard InChI is InChI=1S/C16H18N2O4/c1-13-9-10-15(18(20)21)16(19)17(13)11-5-6-12-22-14-7-3-2-4-8-14/h2-4,7-10H,5-6,11-12H2,1H3. The molecule has 0 aliphatic rings. The molecule has 6 nitrogen and oxygen atoms in total. The lowest BCUT2D eigenvalue weighted by Crippen LogP contribution is -2.24. The maximum atomic E-state index is 12.0. The number of hydrogen-bond acceptors (Lipinski definition) is 4. The first-order valence-corrected chi connectivity index (χ1v) is 7.12. The van der Waals surface area contributed by atoms with Crippen molar-refractivity contribution < 1.29 is 9.66 Å². The van der Waals surface area contributed by atoms with E-state index < -0.39 is 10.5 Å². The van der Waals surface area contributed by atoms with Crippen LogP contribution in [0.5, 0.6) is 5.75 Å². The van der Waals surface area contributed by atoms with Gasteiger partial charge >= 0.3 is 11.2 Å². The molecule has 0 unspecified atom stereocenters. The highest BCUT2D eigenvalue weighted by Crippen LogP contribution is 2.10. The average Bonchev–Trinajstić information content (AvgIpc) is 2.50. The molecule has 0 saturated heterocycles. The third kappa shape index (κ3) is 3.94. The van der Waals surface area contributed by atoms with Gasteiger partial charge in [-0.1, -0.05) is 18.2 Å². The van der Waals surface area contributed by atoms with Crippen molar-refractivity contribution >= 4 is 5.69 Å². The van der Waals surface area contributed by atoms with E-state index in [0.717, 1.165) is 24.3 Å². The Morgan fingerprint density at radius 1 is 1.14 bits per heavy atom. The molecule has 0 spiro atoms. The first-order chi connectivity index (χ1) is 10.6. The summed E-state index contributed by atoms with van der Waals surface area (Å²) in [6.45, 7) is 2.77. The third-order valence-corrected chi connectivity index (χ3v) is 3.36. The summed E-state index contributed by atoms with van der Waals surface area (Å²) in [7, 11) is 0. The van der Waals surface area contributed by atoms with Crippen molar-refractivity contribution in [2.45, 2.75) is 26.3 Å². The summed E-state index contributed by atoms with van der Waals surface area (Å²) in [4.78, 5) is 22.2. The van der Waals surface area contributed by atoms with Gasteiger partial charge in [0.15, 0.2) is 0 Å². The number of para-hydroxylation sites is 1. The minimum atomic E-state index is -0.642. The Bertz CT molecular complexity index is 695. The first-order valence-electron chi connectivity index (χ1n) is 7.12. The van der Waals surface area contributed by atoms with Crippen LogP contribution in [-0.4, -0.2) is 16.1 Å². The van der Waals surface area contributed by atoms with E-state index in [1.54, 1.807) is 13.0 Å². The van der Waals surface area contributed by atoms with Crippen LogP contribution in [0, 0.1) is 17.0 Å². The number of aromatic nitrogens is 1. The van der Waals surface area contributed by atoms with Gasteiger partial charge in [-0.25, -0.2) is 0 Å². The van der Waals surface area contributed by atoms with Crippen molar-refractivity contribution in [2.75, 3.05) is 6.61 Å². The molecule has 22 heavy (non-hydrogen) atoms. The van der Waals surface area contributed by atoms with Crippen LogP contribution in [0.4, 0.5) is 5.69 Å². The topological polar surface area (TPSA) is 74.4 Å². The molecular formula is C16H18N2O4. The van der Waals surface area contributed by atoms with Gasteiger partial charge in [0, 0.05) is 18.3 Å². The number of nitrogens with zero attached hydrogens (tertiary/aromatic N) is 2. The second-order valence-corrected chi connectivity index (χ2v) is 4.94. The molecule has 0 fully saturated rings. The zero-order valence-electron chi connectivity index (χ0n) is 12.4. The quantitative estimate of drug-likeness (QED) is 0.448. The second kappa shape index (κ2) is 7.40. The Morgan fingerprint density at radius 3 is 2.55 bits per heavy atom. The fraction of sp³-hybridized carbons (Fsp3) is 0.312. The van der Waals surface area contributed by atoms with E-state index >= 15 is 0 Å². The molecule has 1 aromatic heterocycles. The largest absolute Gasteiger partial charge is 0.494 e. The predicted molar refractivity (Wildman–Crippen MR) is 83.3 cm³/mol. The van der Waals surface area contributed by atoms with Crippen LogP contribution in [0.15, 0.2) is 47.3 Å². The molecule has 2 aromatic rings. The summed E-state index contributed by atoms with van der Waals surface area (Å²) in [5.74, 6) is 0.811. The summed E-state index contributed by atoms with van der Waals surface area (Å²) in [5.41, 5.74) is -0.209. The molecule has 0 radical (unpaired) electrons. The minimum absolute atomic E-state index is 0.383. The Balaban J connectivity index is 1.88. The maximum Gasteiger partial charge on any atom is 0.334 e. The molecule has 6 heteroatoms. The van der Waals surface area contributed by atoms with Gasteiger partial charge in [-0.15, -0.1) is 0 Å². The van der Waals surface area contributed by atoms with Crippen LogP contribution < -0.4 is 10.3 Å². The van der Waals surface area contributed by atoms with Crippen molar-refractivity contribution in [1.29, 1.82) is 0 Å². The molecule has 0 amide bonds. The van der Waals surface area contributed by atoms with E-state index in [2.05, 4.69) is 0 Å². The highest BCUT2D eigenvalue weighted by molar-refractivity contribution is 5.27. The SMILES string of the molecule is Cc1ccc([N+](=O)[O-])c(=O)n1CCCCOc1ccccc1. The average molecular weight is 302 g/mol. The van der Waals surface area contributed by atoms with Crippen molar-refractivity contribution in [3.63, 3.8) is 0 Å². The lowest BCUT2D eigenvalue weighted by Gasteiger charge is -2.10. The molecule has 0 saturated carbocycles. The monoisotopic (exact) mass is 302 g/mol. The van der Waals surface area contributed by atoms with Gasteiger partial charge in [0.1, 0.15) is 5.75 Å². The lowest BCUT2D eigenvalue weighted by molar-refractivity contribution is -0.386. The molecular weight excluding hydrogens is 284 g/mol. The van der Waals surface area contributed by atoms with Crippen molar-refractivity contribution in [2.24, 2.45) is 0 Å². The highest BCUT2D eigenvalue weighted by atomic mass is 16.6. The zero-order chi connectivity index (χ0) is 15.9. The van der Waals surface area contributed by atoms with Crippen LogP contribution in [0.3, 0.4) is 0 Å². The fourth-order valence-electron chi connectivity index (χ4n) is 2.15. The Kier molecular flexibility index (Phi) is 5.30. The second-order valence-electron chi connectivity index (χ2n) is 4.94. The van der Waals surface area contributed by atoms with E-state index in [9.17, 15) is 14.9 Å².